The molecule has 2 aliphatic rings. The van der Waals surface area contributed by atoms with Crippen molar-refractivity contribution in [3.05, 3.63) is 34.5 Å². The number of hydrogen-bond acceptors (Lipinski definition) is 4. The molecule has 4 nitrogen and oxygen atoms in total. The average Bonchev–Trinajstić information content (AvgIpc) is 3.19. The zero-order valence-electron chi connectivity index (χ0n) is 16.5. The monoisotopic (exact) mass is 404 g/mol. The predicted molar refractivity (Wildman–Crippen MR) is 111 cm³/mol. The Bertz CT molecular complexity index is 829. The lowest BCUT2D eigenvalue weighted by molar-refractivity contribution is 0.0935. The van der Waals surface area contributed by atoms with Crippen LogP contribution < -0.4 is 5.32 Å². The lowest BCUT2D eigenvalue weighted by Gasteiger charge is -2.26. The molecule has 1 saturated carbocycles. The number of thiophene rings is 1. The molecule has 28 heavy (non-hydrogen) atoms. The van der Waals surface area contributed by atoms with Gasteiger partial charge in [0.1, 0.15) is 5.82 Å². The van der Waals surface area contributed by atoms with Gasteiger partial charge >= 0.3 is 0 Å². The molecule has 0 spiro atoms. The number of benzene rings is 1. The number of rotatable bonds is 5. The molecule has 0 bridgehead atoms. The summed E-state index contributed by atoms with van der Waals surface area (Å²) in [5, 5.41) is 3.73. The van der Waals surface area contributed by atoms with Gasteiger partial charge in [-0.05, 0) is 31.4 Å². The lowest BCUT2D eigenvalue weighted by Crippen LogP contribution is -2.39. The predicted octanol–water partition coefficient (Wildman–Crippen LogP) is 4.71. The minimum Gasteiger partial charge on any atom is -0.380 e. The quantitative estimate of drug-likeness (QED) is 0.734. The highest BCUT2D eigenvalue weighted by molar-refractivity contribution is 7.21. The van der Waals surface area contributed by atoms with Crippen LogP contribution >= 0.6 is 11.3 Å². The zero-order chi connectivity index (χ0) is 19.5. The summed E-state index contributed by atoms with van der Waals surface area (Å²) in [6, 6.07) is 5.83. The molecule has 1 N–H and O–H groups in total. The summed E-state index contributed by atoms with van der Waals surface area (Å²) in [7, 11) is 1.58. The molecule has 2 heterocycles. The number of nitrogens with one attached hydrogen (secondary N) is 1. The van der Waals surface area contributed by atoms with E-state index in [1.54, 1.807) is 13.2 Å². The standard InChI is InChI=1S/C22H29FN2O2S/c1-27-14-17-20-18(23)9-6-10-19(20)28-21(17)22(26)24-15-11-12-25(13-15)16-7-4-2-3-5-8-16/h6,9-10,15-16H,2-5,7-8,11-14H2,1H3,(H,24,26). The van der Waals surface area contributed by atoms with Gasteiger partial charge in [0.25, 0.3) is 5.91 Å². The third-order valence-corrected chi connectivity index (χ3v) is 7.35. The second kappa shape index (κ2) is 8.89. The van der Waals surface area contributed by atoms with Gasteiger partial charge < -0.3 is 10.1 Å². The van der Waals surface area contributed by atoms with Crippen molar-refractivity contribution < 1.29 is 13.9 Å². The average molecular weight is 405 g/mol. The maximum atomic E-state index is 14.4. The number of carbonyl (C=O) groups is 1. The van der Waals surface area contributed by atoms with Crippen LogP contribution in [0.25, 0.3) is 10.1 Å². The zero-order valence-corrected chi connectivity index (χ0v) is 17.3. The number of hydrogen-bond donors (Lipinski definition) is 1. The van der Waals surface area contributed by atoms with E-state index in [-0.39, 0.29) is 24.4 Å². The van der Waals surface area contributed by atoms with E-state index in [1.807, 2.05) is 6.07 Å². The highest BCUT2D eigenvalue weighted by Crippen LogP contribution is 2.34. The second-order valence-electron chi connectivity index (χ2n) is 8.06. The molecule has 1 unspecified atom stereocenters. The van der Waals surface area contributed by atoms with Gasteiger partial charge in [0, 0.05) is 47.9 Å². The van der Waals surface area contributed by atoms with Gasteiger partial charge in [-0.1, -0.05) is 31.7 Å². The van der Waals surface area contributed by atoms with Gasteiger partial charge in [-0.2, -0.15) is 0 Å². The van der Waals surface area contributed by atoms with Gasteiger partial charge in [-0.15, -0.1) is 11.3 Å². The van der Waals surface area contributed by atoms with Crippen molar-refractivity contribution in [2.75, 3.05) is 20.2 Å². The molecule has 1 amide bonds. The van der Waals surface area contributed by atoms with Crippen molar-refractivity contribution >= 4 is 27.3 Å². The van der Waals surface area contributed by atoms with Crippen LogP contribution in [0, 0.1) is 5.82 Å². The first-order valence-corrected chi connectivity index (χ1v) is 11.2. The number of carbonyl (C=O) groups excluding carboxylic acids is 1. The van der Waals surface area contributed by atoms with Crippen LogP contribution in [-0.2, 0) is 11.3 Å². The SMILES string of the molecule is COCc1c(C(=O)NC2CCN(C3CCCCCC3)C2)sc2cccc(F)c12. The number of fused-ring (bicyclic) bond motifs is 1. The summed E-state index contributed by atoms with van der Waals surface area (Å²) in [4.78, 5) is 16.2. The Hall–Kier alpha value is -1.50. The maximum Gasteiger partial charge on any atom is 0.262 e. The number of halogens is 1. The van der Waals surface area contributed by atoms with Gasteiger partial charge in [0.05, 0.1) is 11.5 Å². The fraction of sp³-hybridized carbons (Fsp3) is 0.591. The van der Waals surface area contributed by atoms with E-state index >= 15 is 0 Å². The highest BCUT2D eigenvalue weighted by Gasteiger charge is 2.30. The van der Waals surface area contributed by atoms with Crippen molar-refractivity contribution in [1.29, 1.82) is 0 Å². The van der Waals surface area contributed by atoms with Crippen LogP contribution in [0.15, 0.2) is 18.2 Å². The third kappa shape index (κ3) is 4.09. The van der Waals surface area contributed by atoms with Crippen LogP contribution in [0.2, 0.25) is 0 Å². The Morgan fingerprint density at radius 3 is 2.79 bits per heavy atom. The van der Waals surface area contributed by atoms with Crippen LogP contribution in [0.3, 0.4) is 0 Å². The first kappa shape index (κ1) is 19.8. The van der Waals surface area contributed by atoms with Crippen LogP contribution in [0.1, 0.15) is 60.2 Å². The van der Waals surface area contributed by atoms with Crippen molar-refractivity contribution in [2.45, 2.75) is 63.6 Å². The van der Waals surface area contributed by atoms with Gasteiger partial charge in [-0.3, -0.25) is 9.69 Å². The molecule has 152 valence electrons. The number of amides is 1. The topological polar surface area (TPSA) is 41.6 Å². The minimum absolute atomic E-state index is 0.0969. The number of methoxy groups -OCH3 is 1. The van der Waals surface area contributed by atoms with Crippen LogP contribution in [0.5, 0.6) is 0 Å². The largest absolute Gasteiger partial charge is 0.380 e. The fourth-order valence-corrected chi connectivity index (χ4v) is 5.87. The molecule has 2 aromatic rings. The van der Waals surface area contributed by atoms with Crippen molar-refractivity contribution in [2.24, 2.45) is 0 Å². The molecule has 6 heteroatoms. The Balaban J connectivity index is 1.47. The normalized spacial score (nSPS) is 21.9. The fourth-order valence-electron chi connectivity index (χ4n) is 4.74. The summed E-state index contributed by atoms with van der Waals surface area (Å²) in [5.41, 5.74) is 0.664. The summed E-state index contributed by atoms with van der Waals surface area (Å²) >= 11 is 1.36. The molecule has 1 saturated heterocycles. The van der Waals surface area contributed by atoms with Crippen LogP contribution in [-0.4, -0.2) is 43.1 Å². The second-order valence-corrected chi connectivity index (χ2v) is 9.11. The highest BCUT2D eigenvalue weighted by atomic mass is 32.1. The van der Waals surface area contributed by atoms with Gasteiger partial charge in [0.2, 0.25) is 0 Å². The molecule has 1 aliphatic heterocycles. The summed E-state index contributed by atoms with van der Waals surface area (Å²) in [6.07, 6.45) is 8.92. The summed E-state index contributed by atoms with van der Waals surface area (Å²) < 4.78 is 20.4. The molecular formula is C22H29FN2O2S. The number of nitrogens with zero attached hydrogens (tertiary/aromatic N) is 1. The first-order chi connectivity index (χ1) is 13.7. The van der Waals surface area contributed by atoms with E-state index in [2.05, 4.69) is 10.2 Å². The molecule has 1 atom stereocenters. The van der Waals surface area contributed by atoms with Gasteiger partial charge in [0.15, 0.2) is 0 Å². The van der Waals surface area contributed by atoms with E-state index in [9.17, 15) is 9.18 Å². The van der Waals surface area contributed by atoms with Crippen molar-refractivity contribution in [3.8, 4) is 0 Å². The van der Waals surface area contributed by atoms with E-state index in [0.717, 1.165) is 24.2 Å². The van der Waals surface area contributed by atoms with Crippen molar-refractivity contribution in [1.82, 2.24) is 10.2 Å². The number of likely N-dealkylation sites (tertiary alicyclic amines) is 1. The summed E-state index contributed by atoms with van der Waals surface area (Å²) in [5.74, 6) is -0.388. The van der Waals surface area contributed by atoms with E-state index < -0.39 is 0 Å². The lowest BCUT2D eigenvalue weighted by atomic mass is 10.1. The Labute approximate surface area is 170 Å². The molecule has 1 aromatic heterocycles. The molecule has 1 aliphatic carbocycles. The number of ether oxygens (including phenoxy) is 1. The minimum atomic E-state index is -0.291. The van der Waals surface area contributed by atoms with Crippen LogP contribution in [0.4, 0.5) is 4.39 Å². The van der Waals surface area contributed by atoms with E-state index in [0.29, 0.717) is 21.9 Å². The molecule has 1 aromatic carbocycles. The summed E-state index contributed by atoms with van der Waals surface area (Å²) in [6.45, 7) is 2.22. The van der Waals surface area contributed by atoms with Crippen molar-refractivity contribution in [3.63, 3.8) is 0 Å². The molecule has 4 rings (SSSR count). The van der Waals surface area contributed by atoms with E-state index in [4.69, 9.17) is 4.74 Å². The molecule has 0 radical (unpaired) electrons. The van der Waals surface area contributed by atoms with Gasteiger partial charge in [-0.25, -0.2) is 4.39 Å². The van der Waals surface area contributed by atoms with E-state index in [1.165, 1.54) is 55.9 Å². The third-order valence-electron chi connectivity index (χ3n) is 6.15. The Kier molecular flexibility index (Phi) is 6.28. The smallest absolute Gasteiger partial charge is 0.262 e. The molecule has 2 fully saturated rings. The Morgan fingerprint density at radius 2 is 2.04 bits per heavy atom. The Morgan fingerprint density at radius 1 is 1.25 bits per heavy atom. The maximum absolute atomic E-state index is 14.4. The molecular weight excluding hydrogens is 375 g/mol. The first-order valence-electron chi connectivity index (χ1n) is 10.4.